The van der Waals surface area contributed by atoms with Gasteiger partial charge >= 0.3 is 0 Å². The van der Waals surface area contributed by atoms with Crippen LogP contribution in [0.25, 0.3) is 22.2 Å². The van der Waals surface area contributed by atoms with Crippen molar-refractivity contribution in [3.8, 4) is 11.1 Å². The molecule has 4 aromatic rings. The van der Waals surface area contributed by atoms with Crippen molar-refractivity contribution in [2.24, 2.45) is 0 Å². The number of nitrogen functional groups attached to an aromatic ring is 1. The highest BCUT2D eigenvalue weighted by atomic mass is 32.2. The molecule has 1 aromatic carbocycles. The lowest BCUT2D eigenvalue weighted by Crippen LogP contribution is -2.25. The Morgan fingerprint density at radius 1 is 1.03 bits per heavy atom. The summed E-state index contributed by atoms with van der Waals surface area (Å²) in [7, 11) is -3.76. The molecule has 9 nitrogen and oxygen atoms in total. The van der Waals surface area contributed by atoms with Crippen molar-refractivity contribution in [3.63, 3.8) is 0 Å². The molecule has 0 bridgehead atoms. The SMILES string of the molecule is CC(C)n1c(=O)c(-c2ccc(NS(=O)(=O)c3ccccc3)nc2)cc2cnc(N)nc21. The van der Waals surface area contributed by atoms with Gasteiger partial charge in [-0.05, 0) is 44.2 Å². The third kappa shape index (κ3) is 3.97. The van der Waals surface area contributed by atoms with Crippen LogP contribution in [0.5, 0.6) is 0 Å². The van der Waals surface area contributed by atoms with Crippen LogP contribution in [0.3, 0.4) is 0 Å². The van der Waals surface area contributed by atoms with Crippen molar-refractivity contribution in [2.75, 3.05) is 10.5 Å². The molecular weight excluding hydrogens is 416 g/mol. The van der Waals surface area contributed by atoms with E-state index in [0.717, 1.165) is 0 Å². The van der Waals surface area contributed by atoms with Gasteiger partial charge in [0.15, 0.2) is 0 Å². The van der Waals surface area contributed by atoms with E-state index in [9.17, 15) is 13.2 Å². The number of anilines is 2. The van der Waals surface area contributed by atoms with E-state index in [1.54, 1.807) is 41.1 Å². The van der Waals surface area contributed by atoms with E-state index in [1.807, 2.05) is 13.8 Å². The molecule has 0 unspecified atom stereocenters. The standard InChI is InChI=1S/C21H20N6O3S/c1-13(2)27-19-15(12-24-21(22)25-19)10-17(20(27)28)14-8-9-18(23-11-14)26-31(29,30)16-6-4-3-5-7-16/h3-13H,1-2H3,(H,23,26)(H2,22,24,25). The van der Waals surface area contributed by atoms with Crippen LogP contribution in [0, 0.1) is 0 Å². The number of fused-ring (bicyclic) bond motifs is 1. The van der Waals surface area contributed by atoms with Crippen LogP contribution in [0.1, 0.15) is 19.9 Å². The topological polar surface area (TPSA) is 133 Å². The highest BCUT2D eigenvalue weighted by Gasteiger charge is 2.17. The second kappa shape index (κ2) is 7.80. The Labute approximate surface area is 178 Å². The van der Waals surface area contributed by atoms with E-state index in [-0.39, 0.29) is 28.3 Å². The highest BCUT2D eigenvalue weighted by molar-refractivity contribution is 7.92. The summed E-state index contributed by atoms with van der Waals surface area (Å²) in [6.45, 7) is 3.76. The van der Waals surface area contributed by atoms with Crippen LogP contribution in [-0.4, -0.2) is 27.9 Å². The first-order valence-corrected chi connectivity index (χ1v) is 11.0. The van der Waals surface area contributed by atoms with Crippen LogP contribution in [0.2, 0.25) is 0 Å². The zero-order valence-electron chi connectivity index (χ0n) is 16.9. The quantitative estimate of drug-likeness (QED) is 0.491. The van der Waals surface area contributed by atoms with E-state index in [4.69, 9.17) is 5.73 Å². The van der Waals surface area contributed by atoms with Crippen LogP contribution in [0.15, 0.2) is 70.6 Å². The van der Waals surface area contributed by atoms with Gasteiger partial charge in [0, 0.05) is 34.9 Å². The van der Waals surface area contributed by atoms with Crippen LogP contribution in [0.4, 0.5) is 11.8 Å². The molecule has 0 saturated carbocycles. The normalized spacial score (nSPS) is 11.7. The molecule has 0 aliphatic carbocycles. The van der Waals surface area contributed by atoms with Gasteiger partial charge in [-0.1, -0.05) is 18.2 Å². The van der Waals surface area contributed by atoms with Gasteiger partial charge in [0.1, 0.15) is 11.5 Å². The van der Waals surface area contributed by atoms with Gasteiger partial charge in [-0.2, -0.15) is 4.98 Å². The Hall–Kier alpha value is -3.79. The molecule has 0 amide bonds. The van der Waals surface area contributed by atoms with Gasteiger partial charge in [0.25, 0.3) is 15.6 Å². The molecule has 0 saturated heterocycles. The maximum Gasteiger partial charge on any atom is 0.263 e. The maximum atomic E-state index is 13.2. The van der Waals surface area contributed by atoms with Crippen molar-refractivity contribution in [1.82, 2.24) is 19.5 Å². The minimum absolute atomic E-state index is 0.0887. The zero-order chi connectivity index (χ0) is 22.2. The number of hydrogen-bond donors (Lipinski definition) is 2. The second-order valence-corrected chi connectivity index (χ2v) is 8.87. The Kier molecular flexibility index (Phi) is 5.15. The number of rotatable bonds is 5. The first-order chi connectivity index (χ1) is 14.8. The number of hydrogen-bond acceptors (Lipinski definition) is 7. The fourth-order valence-electron chi connectivity index (χ4n) is 3.23. The first-order valence-electron chi connectivity index (χ1n) is 9.48. The van der Waals surface area contributed by atoms with Gasteiger partial charge in [-0.15, -0.1) is 0 Å². The minimum atomic E-state index is -3.76. The maximum absolute atomic E-state index is 13.2. The van der Waals surface area contributed by atoms with Crippen molar-refractivity contribution in [2.45, 2.75) is 24.8 Å². The average molecular weight is 436 g/mol. The number of aromatic nitrogens is 4. The summed E-state index contributed by atoms with van der Waals surface area (Å²) in [4.78, 5) is 25.7. The molecule has 4 rings (SSSR count). The van der Waals surface area contributed by atoms with Crippen molar-refractivity contribution in [3.05, 3.63) is 71.3 Å². The lowest BCUT2D eigenvalue weighted by molar-refractivity contribution is 0.596. The van der Waals surface area contributed by atoms with Gasteiger partial charge in [0.05, 0.1) is 4.90 Å². The first kappa shape index (κ1) is 20.5. The summed E-state index contributed by atoms with van der Waals surface area (Å²) in [6, 6.07) is 12.7. The number of nitrogens with two attached hydrogens (primary N) is 1. The fourth-order valence-corrected chi connectivity index (χ4v) is 4.26. The van der Waals surface area contributed by atoms with E-state index in [1.165, 1.54) is 24.4 Å². The zero-order valence-corrected chi connectivity index (χ0v) is 17.7. The van der Waals surface area contributed by atoms with Gasteiger partial charge in [-0.3, -0.25) is 14.1 Å². The summed E-state index contributed by atoms with van der Waals surface area (Å²) in [5.74, 6) is 0.236. The molecule has 3 heterocycles. The third-order valence-electron chi connectivity index (χ3n) is 4.68. The largest absolute Gasteiger partial charge is 0.368 e. The molecule has 0 spiro atoms. The molecule has 3 aromatic heterocycles. The molecule has 0 radical (unpaired) electrons. The molecule has 0 fully saturated rings. The molecule has 31 heavy (non-hydrogen) atoms. The van der Waals surface area contributed by atoms with Crippen LogP contribution in [-0.2, 0) is 10.0 Å². The Morgan fingerprint density at radius 2 is 1.77 bits per heavy atom. The van der Waals surface area contributed by atoms with Gasteiger partial charge in [0.2, 0.25) is 5.95 Å². The monoisotopic (exact) mass is 436 g/mol. The lowest BCUT2D eigenvalue weighted by Gasteiger charge is -2.15. The fraction of sp³-hybridized carbons (Fsp3) is 0.143. The number of pyridine rings is 2. The molecule has 0 aliphatic rings. The smallest absolute Gasteiger partial charge is 0.263 e. The highest BCUT2D eigenvalue weighted by Crippen LogP contribution is 2.23. The Bertz CT molecular complexity index is 1420. The third-order valence-corrected chi connectivity index (χ3v) is 6.05. The molecule has 0 atom stereocenters. The van der Waals surface area contributed by atoms with Crippen molar-refractivity contribution in [1.29, 1.82) is 0 Å². The molecule has 158 valence electrons. The van der Waals surface area contributed by atoms with E-state index >= 15 is 0 Å². The Morgan fingerprint density at radius 3 is 2.42 bits per heavy atom. The number of nitrogens with one attached hydrogen (secondary N) is 1. The minimum Gasteiger partial charge on any atom is -0.368 e. The number of nitrogens with zero attached hydrogens (tertiary/aromatic N) is 4. The summed E-state index contributed by atoms with van der Waals surface area (Å²) in [5, 5.41) is 0.659. The van der Waals surface area contributed by atoms with Crippen LogP contribution >= 0.6 is 0 Å². The summed E-state index contributed by atoms with van der Waals surface area (Å²) in [5.41, 5.74) is 6.85. The molecule has 3 N–H and O–H groups in total. The van der Waals surface area contributed by atoms with E-state index in [0.29, 0.717) is 22.2 Å². The van der Waals surface area contributed by atoms with Gasteiger partial charge in [-0.25, -0.2) is 18.4 Å². The predicted octanol–water partition coefficient (Wildman–Crippen LogP) is 2.82. The number of sulfonamides is 1. The second-order valence-electron chi connectivity index (χ2n) is 7.18. The molecule has 10 heteroatoms. The summed E-state index contributed by atoms with van der Waals surface area (Å²) < 4.78 is 28.9. The number of benzene rings is 1. The van der Waals surface area contributed by atoms with Crippen molar-refractivity contribution >= 4 is 32.8 Å². The van der Waals surface area contributed by atoms with Crippen molar-refractivity contribution < 1.29 is 8.42 Å². The predicted molar refractivity (Wildman–Crippen MR) is 119 cm³/mol. The average Bonchev–Trinajstić information content (AvgIpc) is 2.74. The summed E-state index contributed by atoms with van der Waals surface area (Å²) in [6.07, 6.45) is 3.02. The summed E-state index contributed by atoms with van der Waals surface area (Å²) >= 11 is 0. The van der Waals surface area contributed by atoms with E-state index < -0.39 is 10.0 Å². The molecular formula is C21H20N6O3S. The van der Waals surface area contributed by atoms with Gasteiger partial charge < -0.3 is 5.73 Å². The molecule has 0 aliphatic heterocycles. The van der Waals surface area contributed by atoms with Crippen LogP contribution < -0.4 is 16.0 Å². The lowest BCUT2D eigenvalue weighted by atomic mass is 10.1. The Balaban J connectivity index is 1.74. The van der Waals surface area contributed by atoms with E-state index in [2.05, 4.69) is 19.7 Å².